The van der Waals surface area contributed by atoms with Crippen LogP contribution in [0.4, 0.5) is 0 Å². The van der Waals surface area contributed by atoms with Crippen molar-refractivity contribution in [2.45, 2.75) is 59.4 Å². The van der Waals surface area contributed by atoms with Gasteiger partial charge in [0.05, 0.1) is 0 Å². The lowest BCUT2D eigenvalue weighted by Crippen LogP contribution is -2.08. The largest absolute Gasteiger partial charge is 0.492 e. The maximum atomic E-state index is 9.73. The van der Waals surface area contributed by atoms with E-state index in [4.69, 9.17) is 0 Å². The molecular weight excluding hydrogens is 188 g/mol. The molecular formula is C12H22N2O. The summed E-state index contributed by atoms with van der Waals surface area (Å²) in [6.45, 7) is 8.45. The van der Waals surface area contributed by atoms with Crippen LogP contribution in [0.5, 0.6) is 5.88 Å². The molecule has 0 fully saturated rings. The zero-order chi connectivity index (χ0) is 11.4. The Morgan fingerprint density at radius 1 is 1.33 bits per heavy atom. The van der Waals surface area contributed by atoms with Gasteiger partial charge in [-0.1, -0.05) is 20.3 Å². The van der Waals surface area contributed by atoms with Crippen molar-refractivity contribution in [3.8, 4) is 5.88 Å². The fourth-order valence-electron chi connectivity index (χ4n) is 1.89. The van der Waals surface area contributed by atoms with E-state index < -0.39 is 0 Å². The summed E-state index contributed by atoms with van der Waals surface area (Å²) in [4.78, 5) is 0. The van der Waals surface area contributed by atoms with Gasteiger partial charge in [-0.25, -0.2) is 0 Å². The van der Waals surface area contributed by atoms with Crippen molar-refractivity contribution < 1.29 is 5.11 Å². The minimum absolute atomic E-state index is 0.220. The van der Waals surface area contributed by atoms with E-state index in [9.17, 15) is 5.11 Å². The first-order valence-corrected chi connectivity index (χ1v) is 5.91. The molecule has 0 radical (unpaired) electrons. The number of unbranched alkanes of at least 4 members (excludes halogenated alkanes) is 1. The average molecular weight is 210 g/mol. The summed E-state index contributed by atoms with van der Waals surface area (Å²) in [5.74, 6) is 0.220. The van der Waals surface area contributed by atoms with Crippen molar-refractivity contribution in [2.75, 3.05) is 0 Å². The maximum Gasteiger partial charge on any atom is 0.233 e. The number of hydrogen-bond donors (Lipinski definition) is 1. The molecule has 0 aromatic carbocycles. The fourth-order valence-corrected chi connectivity index (χ4v) is 1.89. The number of nitrogens with zero attached hydrogens (tertiary/aromatic N) is 2. The molecule has 86 valence electrons. The summed E-state index contributed by atoms with van der Waals surface area (Å²) < 4.78 is 1.96. The number of aromatic hydroxyl groups is 1. The van der Waals surface area contributed by atoms with Crippen LogP contribution in [0.3, 0.4) is 0 Å². The van der Waals surface area contributed by atoms with Crippen molar-refractivity contribution in [3.05, 3.63) is 11.3 Å². The normalized spacial score (nSPS) is 11.3. The summed E-state index contributed by atoms with van der Waals surface area (Å²) in [7, 11) is 0. The van der Waals surface area contributed by atoms with E-state index in [1.165, 1.54) is 12.1 Å². The second-order valence-corrected chi connectivity index (χ2v) is 4.24. The average Bonchev–Trinajstić information content (AvgIpc) is 2.51. The fraction of sp³-hybridized carbons (Fsp3) is 0.750. The van der Waals surface area contributed by atoms with Crippen molar-refractivity contribution in [3.63, 3.8) is 0 Å². The zero-order valence-electron chi connectivity index (χ0n) is 10.2. The van der Waals surface area contributed by atoms with Crippen LogP contribution in [0, 0.1) is 0 Å². The minimum atomic E-state index is 0.220. The molecule has 0 aliphatic carbocycles. The van der Waals surface area contributed by atoms with Gasteiger partial charge in [0.15, 0.2) is 0 Å². The Morgan fingerprint density at radius 2 is 2.00 bits per heavy atom. The number of rotatable bonds is 5. The molecule has 1 rings (SSSR count). The molecule has 0 unspecified atom stereocenters. The van der Waals surface area contributed by atoms with Gasteiger partial charge in [-0.3, -0.25) is 4.68 Å². The Morgan fingerprint density at radius 3 is 2.47 bits per heavy atom. The second kappa shape index (κ2) is 5.19. The van der Waals surface area contributed by atoms with Crippen LogP contribution in [0.2, 0.25) is 0 Å². The van der Waals surface area contributed by atoms with E-state index in [1.807, 2.05) is 4.68 Å². The monoisotopic (exact) mass is 210 g/mol. The Bertz CT molecular complexity index is 316. The Hall–Kier alpha value is -0.990. The molecule has 0 saturated carbocycles. The molecule has 0 amide bonds. The summed E-state index contributed by atoms with van der Waals surface area (Å²) in [5, 5.41) is 13.9. The van der Waals surface area contributed by atoms with Crippen LogP contribution in [-0.4, -0.2) is 14.9 Å². The highest BCUT2D eigenvalue weighted by atomic mass is 16.3. The molecule has 1 aromatic rings. The van der Waals surface area contributed by atoms with Crippen LogP contribution >= 0.6 is 0 Å². The third-order valence-electron chi connectivity index (χ3n) is 2.71. The highest BCUT2D eigenvalue weighted by Crippen LogP contribution is 2.25. The molecule has 3 nitrogen and oxygen atoms in total. The van der Waals surface area contributed by atoms with Crippen LogP contribution in [0.1, 0.15) is 57.8 Å². The maximum absolute atomic E-state index is 9.73. The van der Waals surface area contributed by atoms with E-state index in [1.54, 1.807) is 0 Å². The molecule has 1 N–H and O–H groups in total. The van der Waals surface area contributed by atoms with Gasteiger partial charge in [0.1, 0.15) is 0 Å². The predicted octanol–water partition coefficient (Wildman–Crippen LogP) is 3.07. The molecule has 0 saturated heterocycles. The first kappa shape index (κ1) is 12.1. The smallest absolute Gasteiger partial charge is 0.233 e. The molecule has 0 aliphatic heterocycles. The van der Waals surface area contributed by atoms with Crippen molar-refractivity contribution in [1.29, 1.82) is 0 Å². The molecule has 0 aliphatic rings. The lowest BCUT2D eigenvalue weighted by Gasteiger charge is -2.11. The molecule has 1 heterocycles. The van der Waals surface area contributed by atoms with Crippen LogP contribution in [0.25, 0.3) is 0 Å². The lowest BCUT2D eigenvalue weighted by atomic mass is 10.1. The second-order valence-electron chi connectivity index (χ2n) is 4.24. The first-order valence-electron chi connectivity index (χ1n) is 5.91. The summed E-state index contributed by atoms with van der Waals surface area (Å²) in [5.41, 5.74) is 2.24. The molecule has 0 atom stereocenters. The Balaban J connectivity index is 3.04. The number of aromatic nitrogens is 2. The van der Waals surface area contributed by atoms with Gasteiger partial charge in [-0.15, -0.1) is 5.10 Å². The van der Waals surface area contributed by atoms with Gasteiger partial charge < -0.3 is 5.11 Å². The van der Waals surface area contributed by atoms with E-state index in [-0.39, 0.29) is 5.88 Å². The summed E-state index contributed by atoms with van der Waals surface area (Å²) in [6.07, 6.45) is 4.21. The molecule has 3 heteroatoms. The zero-order valence-corrected chi connectivity index (χ0v) is 10.2. The van der Waals surface area contributed by atoms with Crippen LogP contribution in [0.15, 0.2) is 0 Å². The molecule has 0 bridgehead atoms. The van der Waals surface area contributed by atoms with Gasteiger partial charge in [-0.2, -0.15) is 0 Å². The van der Waals surface area contributed by atoms with E-state index >= 15 is 0 Å². The standard InChI is InChI=1S/C12H22N2O/c1-5-7-8-11-10(6-2)12(15)13-14(11)9(3)4/h9H,5-8H2,1-4H3,(H,13,15). The Kier molecular flexibility index (Phi) is 4.18. The van der Waals surface area contributed by atoms with Crippen LogP contribution < -0.4 is 0 Å². The molecule has 15 heavy (non-hydrogen) atoms. The SMILES string of the molecule is CCCCc1c(CC)c(O)nn1C(C)C. The quantitative estimate of drug-likeness (QED) is 0.811. The van der Waals surface area contributed by atoms with E-state index in [0.29, 0.717) is 6.04 Å². The molecule has 0 spiro atoms. The summed E-state index contributed by atoms with van der Waals surface area (Å²) in [6, 6.07) is 0.322. The van der Waals surface area contributed by atoms with Gasteiger partial charge in [0, 0.05) is 17.3 Å². The van der Waals surface area contributed by atoms with Crippen molar-refractivity contribution in [2.24, 2.45) is 0 Å². The van der Waals surface area contributed by atoms with Gasteiger partial charge >= 0.3 is 0 Å². The van der Waals surface area contributed by atoms with E-state index in [0.717, 1.165) is 24.8 Å². The van der Waals surface area contributed by atoms with Crippen molar-refractivity contribution in [1.82, 2.24) is 9.78 Å². The minimum Gasteiger partial charge on any atom is -0.492 e. The molecule has 1 aromatic heterocycles. The number of hydrogen-bond acceptors (Lipinski definition) is 2. The summed E-state index contributed by atoms with van der Waals surface area (Å²) >= 11 is 0. The first-order chi connectivity index (χ1) is 7.11. The Labute approximate surface area is 92.1 Å². The van der Waals surface area contributed by atoms with Gasteiger partial charge in [-0.05, 0) is 33.1 Å². The van der Waals surface area contributed by atoms with E-state index in [2.05, 4.69) is 32.8 Å². The van der Waals surface area contributed by atoms with Crippen LogP contribution in [-0.2, 0) is 12.8 Å². The third kappa shape index (κ3) is 2.52. The van der Waals surface area contributed by atoms with Gasteiger partial charge in [0.25, 0.3) is 0 Å². The lowest BCUT2D eigenvalue weighted by molar-refractivity contribution is 0.420. The highest BCUT2D eigenvalue weighted by Gasteiger charge is 2.16. The predicted molar refractivity (Wildman–Crippen MR) is 62.3 cm³/mol. The highest BCUT2D eigenvalue weighted by molar-refractivity contribution is 5.30. The van der Waals surface area contributed by atoms with Crippen molar-refractivity contribution >= 4 is 0 Å². The van der Waals surface area contributed by atoms with Gasteiger partial charge in [0.2, 0.25) is 5.88 Å². The topological polar surface area (TPSA) is 38.1 Å². The third-order valence-corrected chi connectivity index (χ3v) is 2.71.